The zero-order valence-electron chi connectivity index (χ0n) is 9.16. The lowest BCUT2D eigenvalue weighted by molar-refractivity contribution is 0.0952. The van der Waals surface area contributed by atoms with Gasteiger partial charge in [0.15, 0.2) is 0 Å². The Morgan fingerprint density at radius 3 is 2.54 bits per heavy atom. The van der Waals surface area contributed by atoms with Crippen LogP contribution in [0.25, 0.3) is 0 Å². The minimum atomic E-state index is -0.129. The quantitative estimate of drug-likeness (QED) is 0.683. The zero-order chi connectivity index (χ0) is 9.84. The molecule has 1 saturated carbocycles. The number of aliphatic hydroxyl groups is 1. The molecule has 78 valence electrons. The molecule has 1 aliphatic rings. The van der Waals surface area contributed by atoms with Crippen LogP contribution in [0.2, 0.25) is 0 Å². The molecule has 2 heteroatoms. The van der Waals surface area contributed by atoms with Gasteiger partial charge in [-0.25, -0.2) is 0 Å². The summed E-state index contributed by atoms with van der Waals surface area (Å²) in [5, 5.41) is 9.63. The molecule has 0 saturated heterocycles. The Hall–Kier alpha value is -0.0800. The van der Waals surface area contributed by atoms with E-state index >= 15 is 0 Å². The van der Waals surface area contributed by atoms with E-state index in [1.807, 2.05) is 0 Å². The van der Waals surface area contributed by atoms with E-state index in [1.54, 1.807) is 0 Å². The molecule has 0 aromatic rings. The second-order valence-corrected chi connectivity index (χ2v) is 4.46. The van der Waals surface area contributed by atoms with Gasteiger partial charge in [-0.3, -0.25) is 0 Å². The Labute approximate surface area is 81.9 Å². The van der Waals surface area contributed by atoms with Crippen molar-refractivity contribution in [3.8, 4) is 0 Å². The molecular weight excluding hydrogens is 162 g/mol. The second-order valence-electron chi connectivity index (χ2n) is 4.46. The molecule has 1 aliphatic carbocycles. The van der Waals surface area contributed by atoms with Crippen LogP contribution in [-0.2, 0) is 0 Å². The van der Waals surface area contributed by atoms with Gasteiger partial charge in [0.2, 0.25) is 0 Å². The van der Waals surface area contributed by atoms with Crippen LogP contribution in [0.5, 0.6) is 0 Å². The van der Waals surface area contributed by atoms with Gasteiger partial charge in [0, 0.05) is 12.6 Å². The zero-order valence-corrected chi connectivity index (χ0v) is 9.16. The fraction of sp³-hybridized carbons (Fsp3) is 1.00. The number of aliphatic hydroxyl groups excluding tert-OH is 1. The fourth-order valence-electron chi connectivity index (χ4n) is 1.86. The average Bonchev–Trinajstić information content (AvgIpc) is 2.85. The molecule has 0 bridgehead atoms. The van der Waals surface area contributed by atoms with Crippen LogP contribution in [0, 0.1) is 5.92 Å². The minimum absolute atomic E-state index is 0.129. The standard InChI is InChI=1S/C11H23NO/c1-4-5-11(13)8-12(3)9(2)10-6-7-10/h9-11,13H,4-8H2,1-3H3. The van der Waals surface area contributed by atoms with Crippen molar-refractivity contribution in [2.75, 3.05) is 13.6 Å². The van der Waals surface area contributed by atoms with Crippen LogP contribution < -0.4 is 0 Å². The highest BCUT2D eigenvalue weighted by Gasteiger charge is 2.30. The summed E-state index contributed by atoms with van der Waals surface area (Å²) in [5.41, 5.74) is 0. The summed E-state index contributed by atoms with van der Waals surface area (Å²) in [4.78, 5) is 2.30. The van der Waals surface area contributed by atoms with E-state index in [9.17, 15) is 5.11 Å². The van der Waals surface area contributed by atoms with Gasteiger partial charge < -0.3 is 10.0 Å². The van der Waals surface area contributed by atoms with Crippen LogP contribution in [0.3, 0.4) is 0 Å². The molecule has 0 aromatic carbocycles. The average molecular weight is 185 g/mol. The normalized spacial score (nSPS) is 21.9. The van der Waals surface area contributed by atoms with E-state index in [0.29, 0.717) is 6.04 Å². The number of likely N-dealkylation sites (N-methyl/N-ethyl adjacent to an activating group) is 1. The lowest BCUT2D eigenvalue weighted by Gasteiger charge is -2.26. The fourth-order valence-corrected chi connectivity index (χ4v) is 1.86. The van der Waals surface area contributed by atoms with Crippen molar-refractivity contribution in [3.63, 3.8) is 0 Å². The van der Waals surface area contributed by atoms with Gasteiger partial charge in [-0.05, 0) is 39.2 Å². The maximum absolute atomic E-state index is 9.63. The van der Waals surface area contributed by atoms with E-state index < -0.39 is 0 Å². The Kier molecular flexibility index (Phi) is 4.20. The minimum Gasteiger partial charge on any atom is -0.392 e. The first kappa shape index (κ1) is 11.0. The predicted molar refractivity (Wildman–Crippen MR) is 55.7 cm³/mol. The van der Waals surface area contributed by atoms with Gasteiger partial charge in [-0.2, -0.15) is 0 Å². The monoisotopic (exact) mass is 185 g/mol. The maximum Gasteiger partial charge on any atom is 0.0667 e. The summed E-state index contributed by atoms with van der Waals surface area (Å²) in [7, 11) is 2.13. The predicted octanol–water partition coefficient (Wildman–Crippen LogP) is 1.88. The molecule has 0 radical (unpaired) electrons. The first-order valence-electron chi connectivity index (χ1n) is 5.53. The molecule has 2 atom stereocenters. The molecular formula is C11H23NO. The largest absolute Gasteiger partial charge is 0.392 e. The van der Waals surface area contributed by atoms with E-state index in [2.05, 4.69) is 25.8 Å². The van der Waals surface area contributed by atoms with Gasteiger partial charge in [-0.1, -0.05) is 13.3 Å². The highest BCUT2D eigenvalue weighted by molar-refractivity contribution is 4.84. The molecule has 13 heavy (non-hydrogen) atoms. The Morgan fingerprint density at radius 2 is 2.08 bits per heavy atom. The Bertz CT molecular complexity index is 145. The Morgan fingerprint density at radius 1 is 1.46 bits per heavy atom. The van der Waals surface area contributed by atoms with Crippen LogP contribution in [-0.4, -0.2) is 35.7 Å². The summed E-state index contributed by atoms with van der Waals surface area (Å²) >= 11 is 0. The SMILES string of the molecule is CCCC(O)CN(C)C(C)C1CC1. The molecule has 0 heterocycles. The summed E-state index contributed by atoms with van der Waals surface area (Å²) in [6, 6.07) is 0.659. The van der Waals surface area contributed by atoms with Gasteiger partial charge in [0.1, 0.15) is 0 Å². The maximum atomic E-state index is 9.63. The van der Waals surface area contributed by atoms with Crippen molar-refractivity contribution >= 4 is 0 Å². The van der Waals surface area contributed by atoms with Crippen molar-refractivity contribution in [2.24, 2.45) is 5.92 Å². The molecule has 1 N–H and O–H groups in total. The van der Waals surface area contributed by atoms with E-state index in [4.69, 9.17) is 0 Å². The molecule has 2 unspecified atom stereocenters. The van der Waals surface area contributed by atoms with E-state index in [-0.39, 0.29) is 6.10 Å². The third-order valence-corrected chi connectivity index (χ3v) is 3.12. The topological polar surface area (TPSA) is 23.5 Å². The van der Waals surface area contributed by atoms with Crippen molar-refractivity contribution < 1.29 is 5.11 Å². The third kappa shape index (κ3) is 3.65. The smallest absolute Gasteiger partial charge is 0.0667 e. The number of rotatable bonds is 6. The Balaban J connectivity index is 2.18. The molecule has 2 nitrogen and oxygen atoms in total. The molecule has 0 aromatic heterocycles. The molecule has 1 rings (SSSR count). The molecule has 0 spiro atoms. The van der Waals surface area contributed by atoms with Crippen molar-refractivity contribution in [1.82, 2.24) is 4.90 Å². The summed E-state index contributed by atoms with van der Waals surface area (Å²) in [6.45, 7) is 5.23. The van der Waals surface area contributed by atoms with Gasteiger partial charge in [-0.15, -0.1) is 0 Å². The van der Waals surface area contributed by atoms with Gasteiger partial charge in [0.25, 0.3) is 0 Å². The van der Waals surface area contributed by atoms with Crippen LogP contribution in [0.4, 0.5) is 0 Å². The number of hydrogen-bond acceptors (Lipinski definition) is 2. The first-order chi connectivity index (χ1) is 6.15. The second kappa shape index (κ2) is 4.97. The van der Waals surface area contributed by atoms with Crippen LogP contribution in [0.15, 0.2) is 0 Å². The lowest BCUT2D eigenvalue weighted by atomic mass is 10.1. The molecule has 0 amide bonds. The summed E-state index contributed by atoms with van der Waals surface area (Å²) < 4.78 is 0. The third-order valence-electron chi connectivity index (χ3n) is 3.12. The van der Waals surface area contributed by atoms with Crippen LogP contribution in [0.1, 0.15) is 39.5 Å². The summed E-state index contributed by atoms with van der Waals surface area (Å²) in [6.07, 6.45) is 4.65. The van der Waals surface area contributed by atoms with Gasteiger partial charge >= 0.3 is 0 Å². The molecule has 1 fully saturated rings. The highest BCUT2D eigenvalue weighted by atomic mass is 16.3. The summed E-state index contributed by atoms with van der Waals surface area (Å²) in [5.74, 6) is 0.902. The van der Waals surface area contributed by atoms with E-state index in [1.165, 1.54) is 12.8 Å². The van der Waals surface area contributed by atoms with Crippen molar-refractivity contribution in [1.29, 1.82) is 0 Å². The number of hydrogen-bond donors (Lipinski definition) is 1. The van der Waals surface area contributed by atoms with E-state index in [0.717, 1.165) is 25.3 Å². The molecule has 0 aliphatic heterocycles. The van der Waals surface area contributed by atoms with Crippen LogP contribution >= 0.6 is 0 Å². The lowest BCUT2D eigenvalue weighted by Crippen LogP contribution is -2.37. The number of nitrogens with zero attached hydrogens (tertiary/aromatic N) is 1. The highest BCUT2D eigenvalue weighted by Crippen LogP contribution is 2.34. The van der Waals surface area contributed by atoms with Crippen molar-refractivity contribution in [3.05, 3.63) is 0 Å². The van der Waals surface area contributed by atoms with Gasteiger partial charge in [0.05, 0.1) is 6.10 Å². The first-order valence-corrected chi connectivity index (χ1v) is 5.53. The van der Waals surface area contributed by atoms with Crippen molar-refractivity contribution in [2.45, 2.75) is 51.7 Å².